The molecule has 0 aliphatic heterocycles. The molecule has 0 heterocycles. The number of hydrogen-bond acceptors (Lipinski definition) is 1. The first-order valence-corrected chi connectivity index (χ1v) is 8.35. The molecule has 1 N–H and O–H groups in total. The predicted octanol–water partition coefficient (Wildman–Crippen LogP) is 6.21. The third-order valence-corrected chi connectivity index (χ3v) is 4.25. The molecule has 0 unspecified atom stereocenters. The summed E-state index contributed by atoms with van der Waals surface area (Å²) in [7, 11) is 0. The quantitative estimate of drug-likeness (QED) is 0.592. The monoisotopic (exact) mass is 320 g/mol. The van der Waals surface area contributed by atoms with Gasteiger partial charge in [0.1, 0.15) is 11.6 Å². The van der Waals surface area contributed by atoms with Crippen LogP contribution in [-0.4, -0.2) is 5.11 Å². The minimum atomic E-state index is -0.256. The SMILES string of the molecule is CCCCc1ccc(-c2ccc(-c3ccc(O)cc3)c(F)c2)cc1. The first-order valence-electron chi connectivity index (χ1n) is 8.35. The maximum Gasteiger partial charge on any atom is 0.131 e. The van der Waals surface area contributed by atoms with Crippen molar-refractivity contribution >= 4 is 0 Å². The topological polar surface area (TPSA) is 20.2 Å². The number of phenols is 1. The van der Waals surface area contributed by atoms with E-state index in [1.165, 1.54) is 18.4 Å². The lowest BCUT2D eigenvalue weighted by Gasteiger charge is -2.08. The van der Waals surface area contributed by atoms with Crippen LogP contribution in [-0.2, 0) is 6.42 Å². The Bertz CT molecular complexity index is 804. The number of aromatic hydroxyl groups is 1. The third-order valence-electron chi connectivity index (χ3n) is 4.25. The molecule has 0 aromatic heterocycles. The molecular formula is C22H21FO. The Morgan fingerprint density at radius 3 is 2.04 bits per heavy atom. The molecule has 0 amide bonds. The van der Waals surface area contributed by atoms with Gasteiger partial charge in [-0.3, -0.25) is 0 Å². The Hall–Kier alpha value is -2.61. The zero-order valence-corrected chi connectivity index (χ0v) is 13.8. The average Bonchev–Trinajstić information content (AvgIpc) is 2.61. The number of phenolic OH excluding ortho intramolecular Hbond substituents is 1. The second-order valence-corrected chi connectivity index (χ2v) is 6.04. The van der Waals surface area contributed by atoms with Gasteiger partial charge in [-0.2, -0.15) is 0 Å². The third kappa shape index (κ3) is 3.65. The van der Waals surface area contributed by atoms with Gasteiger partial charge in [0.25, 0.3) is 0 Å². The van der Waals surface area contributed by atoms with Crippen LogP contribution in [0.4, 0.5) is 4.39 Å². The summed E-state index contributed by atoms with van der Waals surface area (Å²) in [5.74, 6) is -0.0767. The maximum absolute atomic E-state index is 14.5. The molecule has 3 aromatic carbocycles. The van der Waals surface area contributed by atoms with Crippen LogP contribution in [0.2, 0.25) is 0 Å². The van der Waals surface area contributed by atoms with E-state index < -0.39 is 0 Å². The first kappa shape index (κ1) is 16.3. The molecule has 0 spiro atoms. The molecule has 0 bridgehead atoms. The highest BCUT2D eigenvalue weighted by molar-refractivity contribution is 5.71. The number of rotatable bonds is 5. The van der Waals surface area contributed by atoms with Gasteiger partial charge in [-0.25, -0.2) is 4.39 Å². The molecule has 3 aromatic rings. The summed E-state index contributed by atoms with van der Waals surface area (Å²) in [6.07, 6.45) is 3.46. The molecule has 0 saturated carbocycles. The van der Waals surface area contributed by atoms with Crippen molar-refractivity contribution in [2.24, 2.45) is 0 Å². The molecule has 0 radical (unpaired) electrons. The Kier molecular flexibility index (Phi) is 4.95. The summed E-state index contributed by atoms with van der Waals surface area (Å²) >= 11 is 0. The van der Waals surface area contributed by atoms with E-state index in [4.69, 9.17) is 0 Å². The molecule has 0 aliphatic carbocycles. The molecular weight excluding hydrogens is 299 g/mol. The average molecular weight is 320 g/mol. The van der Waals surface area contributed by atoms with Gasteiger partial charge in [-0.1, -0.05) is 61.9 Å². The predicted molar refractivity (Wildman–Crippen MR) is 97.5 cm³/mol. The standard InChI is InChI=1S/C22H21FO/c1-2-3-4-16-5-7-17(8-6-16)19-11-14-21(22(23)15-19)18-9-12-20(24)13-10-18/h5-15,24H,2-4H2,1H3. The summed E-state index contributed by atoms with van der Waals surface area (Å²) in [6, 6.07) is 20.2. The zero-order chi connectivity index (χ0) is 16.9. The van der Waals surface area contributed by atoms with Crippen molar-refractivity contribution in [2.45, 2.75) is 26.2 Å². The van der Waals surface area contributed by atoms with Crippen molar-refractivity contribution in [3.05, 3.63) is 78.1 Å². The van der Waals surface area contributed by atoms with Crippen LogP contribution in [0.25, 0.3) is 22.3 Å². The fourth-order valence-electron chi connectivity index (χ4n) is 2.81. The molecule has 24 heavy (non-hydrogen) atoms. The summed E-state index contributed by atoms with van der Waals surface area (Å²) in [6.45, 7) is 2.19. The molecule has 0 fully saturated rings. The first-order chi connectivity index (χ1) is 11.7. The zero-order valence-electron chi connectivity index (χ0n) is 13.8. The highest BCUT2D eigenvalue weighted by Crippen LogP contribution is 2.29. The van der Waals surface area contributed by atoms with Crippen molar-refractivity contribution < 1.29 is 9.50 Å². The van der Waals surface area contributed by atoms with E-state index in [1.54, 1.807) is 36.4 Å². The summed E-state index contributed by atoms with van der Waals surface area (Å²) < 4.78 is 14.5. The molecule has 0 saturated heterocycles. The second kappa shape index (κ2) is 7.31. The second-order valence-electron chi connectivity index (χ2n) is 6.04. The van der Waals surface area contributed by atoms with Crippen LogP contribution in [0.1, 0.15) is 25.3 Å². The van der Waals surface area contributed by atoms with Crippen LogP contribution in [0, 0.1) is 5.82 Å². The van der Waals surface area contributed by atoms with Crippen molar-refractivity contribution in [3.63, 3.8) is 0 Å². The number of hydrogen-bond donors (Lipinski definition) is 1. The summed E-state index contributed by atoms with van der Waals surface area (Å²) in [5.41, 5.74) is 4.51. The van der Waals surface area contributed by atoms with E-state index in [2.05, 4.69) is 31.2 Å². The summed E-state index contributed by atoms with van der Waals surface area (Å²) in [4.78, 5) is 0. The molecule has 122 valence electrons. The van der Waals surface area contributed by atoms with E-state index in [1.807, 2.05) is 6.07 Å². The van der Waals surface area contributed by atoms with E-state index in [0.717, 1.165) is 23.1 Å². The number of halogens is 1. The number of benzene rings is 3. The minimum absolute atomic E-state index is 0.180. The Morgan fingerprint density at radius 2 is 1.42 bits per heavy atom. The van der Waals surface area contributed by atoms with Crippen molar-refractivity contribution in [2.75, 3.05) is 0 Å². The van der Waals surface area contributed by atoms with Gasteiger partial charge < -0.3 is 5.11 Å². The lowest BCUT2D eigenvalue weighted by atomic mass is 9.98. The Labute approximate surface area is 142 Å². The Balaban J connectivity index is 1.85. The molecule has 1 nitrogen and oxygen atoms in total. The normalized spacial score (nSPS) is 10.8. The largest absolute Gasteiger partial charge is 0.508 e. The van der Waals surface area contributed by atoms with E-state index >= 15 is 0 Å². The van der Waals surface area contributed by atoms with Crippen LogP contribution in [0.5, 0.6) is 5.75 Å². The van der Waals surface area contributed by atoms with Crippen LogP contribution >= 0.6 is 0 Å². The lowest BCUT2D eigenvalue weighted by molar-refractivity contribution is 0.475. The maximum atomic E-state index is 14.5. The minimum Gasteiger partial charge on any atom is -0.508 e. The Morgan fingerprint density at radius 1 is 0.792 bits per heavy atom. The van der Waals surface area contributed by atoms with E-state index in [-0.39, 0.29) is 11.6 Å². The van der Waals surface area contributed by atoms with Gasteiger partial charge in [0.2, 0.25) is 0 Å². The lowest BCUT2D eigenvalue weighted by Crippen LogP contribution is -1.88. The van der Waals surface area contributed by atoms with Gasteiger partial charge in [0, 0.05) is 5.56 Å². The van der Waals surface area contributed by atoms with Crippen molar-refractivity contribution in [3.8, 4) is 28.0 Å². The summed E-state index contributed by atoms with van der Waals surface area (Å²) in [5, 5.41) is 9.35. The fourth-order valence-corrected chi connectivity index (χ4v) is 2.81. The van der Waals surface area contributed by atoms with Crippen LogP contribution < -0.4 is 0 Å². The molecule has 3 rings (SSSR count). The van der Waals surface area contributed by atoms with Crippen molar-refractivity contribution in [1.29, 1.82) is 0 Å². The highest BCUT2D eigenvalue weighted by Gasteiger charge is 2.07. The molecule has 0 aliphatic rings. The number of unbranched alkanes of at least 4 members (excludes halogenated alkanes) is 1. The molecule has 0 atom stereocenters. The van der Waals surface area contributed by atoms with Crippen molar-refractivity contribution in [1.82, 2.24) is 0 Å². The smallest absolute Gasteiger partial charge is 0.131 e. The highest BCUT2D eigenvalue weighted by atomic mass is 19.1. The van der Waals surface area contributed by atoms with Crippen LogP contribution in [0.3, 0.4) is 0 Å². The van der Waals surface area contributed by atoms with Gasteiger partial charge >= 0.3 is 0 Å². The van der Waals surface area contributed by atoms with Gasteiger partial charge in [0.05, 0.1) is 0 Å². The van der Waals surface area contributed by atoms with Gasteiger partial charge in [0.15, 0.2) is 0 Å². The van der Waals surface area contributed by atoms with E-state index in [0.29, 0.717) is 5.56 Å². The van der Waals surface area contributed by atoms with Gasteiger partial charge in [-0.05, 0) is 53.3 Å². The molecule has 2 heteroatoms. The number of aryl methyl sites for hydroxylation is 1. The van der Waals surface area contributed by atoms with E-state index in [9.17, 15) is 9.50 Å². The van der Waals surface area contributed by atoms with Crippen LogP contribution in [0.15, 0.2) is 66.7 Å². The fraction of sp³-hybridized carbons (Fsp3) is 0.182. The van der Waals surface area contributed by atoms with Gasteiger partial charge in [-0.15, -0.1) is 0 Å².